The molecule has 2 aliphatic rings. The zero-order chi connectivity index (χ0) is 24.2. The highest BCUT2D eigenvalue weighted by Crippen LogP contribution is 2.34. The second-order valence-corrected chi connectivity index (χ2v) is 10.6. The molecule has 1 aromatic carbocycles. The van der Waals surface area contributed by atoms with E-state index in [-0.39, 0.29) is 0 Å². The number of aryl methyl sites for hydroxylation is 1. The Labute approximate surface area is 213 Å². The molecule has 0 spiro atoms. The van der Waals surface area contributed by atoms with Gasteiger partial charge >= 0.3 is 0 Å². The number of nitrogens with two attached hydrogens (primary N) is 1. The number of unbranched alkanes of at least 4 members (excludes halogenated alkanes) is 1. The summed E-state index contributed by atoms with van der Waals surface area (Å²) in [4.78, 5) is 16.3. The highest BCUT2D eigenvalue weighted by molar-refractivity contribution is 6.30. The summed E-state index contributed by atoms with van der Waals surface area (Å²) in [5.41, 5.74) is 9.31. The molecule has 2 N–H and O–H groups in total. The molecule has 0 unspecified atom stereocenters. The van der Waals surface area contributed by atoms with Crippen molar-refractivity contribution in [1.29, 1.82) is 0 Å². The van der Waals surface area contributed by atoms with Crippen LogP contribution in [0.2, 0.25) is 5.02 Å². The third kappa shape index (κ3) is 5.48. The summed E-state index contributed by atoms with van der Waals surface area (Å²) in [5, 5.41) is 0.753. The maximum absolute atomic E-state index is 6.29. The Morgan fingerprint density at radius 1 is 1.09 bits per heavy atom. The smallest absolute Gasteiger partial charge is 0.137 e. The average molecular weight is 493 g/mol. The number of imidazole rings is 1. The van der Waals surface area contributed by atoms with Crippen LogP contribution in [0.15, 0.2) is 36.8 Å². The summed E-state index contributed by atoms with van der Waals surface area (Å²) in [5.74, 6) is 4.24. The molecule has 3 aromatic rings. The van der Waals surface area contributed by atoms with E-state index in [2.05, 4.69) is 38.6 Å². The molecule has 0 radical (unpaired) electrons. The van der Waals surface area contributed by atoms with Crippen molar-refractivity contribution in [2.75, 3.05) is 23.7 Å². The fraction of sp³-hybridized carbons (Fsp3) is 0.536. The van der Waals surface area contributed by atoms with Gasteiger partial charge in [-0.15, -0.1) is 0 Å². The Hall–Kier alpha value is -2.60. The number of hydrogen-bond acceptors (Lipinski definition) is 5. The summed E-state index contributed by atoms with van der Waals surface area (Å²) < 4.78 is 2.43. The van der Waals surface area contributed by atoms with E-state index in [1.165, 1.54) is 44.3 Å². The van der Waals surface area contributed by atoms with Crippen LogP contribution < -0.4 is 10.6 Å². The predicted molar refractivity (Wildman–Crippen MR) is 144 cm³/mol. The Morgan fingerprint density at radius 2 is 1.91 bits per heavy atom. The lowest BCUT2D eigenvalue weighted by atomic mass is 9.82. The summed E-state index contributed by atoms with van der Waals surface area (Å²) in [6.45, 7) is 5.06. The van der Waals surface area contributed by atoms with E-state index in [0.29, 0.717) is 11.7 Å². The normalized spacial score (nSPS) is 17.0. The van der Waals surface area contributed by atoms with Gasteiger partial charge in [-0.05, 0) is 43.7 Å². The van der Waals surface area contributed by atoms with Crippen LogP contribution in [0.5, 0.6) is 0 Å². The molecular formula is C28H37ClN6. The number of aromatic nitrogens is 4. The van der Waals surface area contributed by atoms with Gasteiger partial charge in [-0.25, -0.2) is 15.0 Å². The number of piperidine rings is 1. The molecule has 6 nitrogen and oxygen atoms in total. The van der Waals surface area contributed by atoms with Crippen molar-refractivity contribution in [3.05, 3.63) is 53.2 Å². The number of nitrogen functional groups attached to an aromatic ring is 1. The van der Waals surface area contributed by atoms with Crippen molar-refractivity contribution >= 4 is 23.2 Å². The van der Waals surface area contributed by atoms with Crippen LogP contribution in [0.1, 0.15) is 75.6 Å². The van der Waals surface area contributed by atoms with Gasteiger partial charge in [-0.2, -0.15) is 0 Å². The summed E-state index contributed by atoms with van der Waals surface area (Å²) in [6, 6.07) is 8.05. The second-order valence-electron chi connectivity index (χ2n) is 10.2. The molecule has 1 aliphatic carbocycles. The zero-order valence-electron chi connectivity index (χ0n) is 20.8. The van der Waals surface area contributed by atoms with E-state index in [1.807, 2.05) is 18.2 Å². The van der Waals surface area contributed by atoms with Crippen molar-refractivity contribution in [1.82, 2.24) is 19.5 Å². The molecule has 1 saturated carbocycles. The van der Waals surface area contributed by atoms with Gasteiger partial charge in [0.05, 0.1) is 5.69 Å². The van der Waals surface area contributed by atoms with Crippen molar-refractivity contribution in [3.63, 3.8) is 0 Å². The highest BCUT2D eigenvalue weighted by Gasteiger charge is 2.27. The number of anilines is 2. The number of rotatable bonds is 9. The first-order valence-electron chi connectivity index (χ1n) is 13.3. The molecule has 1 saturated heterocycles. The van der Waals surface area contributed by atoms with Gasteiger partial charge in [-0.1, -0.05) is 62.8 Å². The monoisotopic (exact) mass is 492 g/mol. The lowest BCUT2D eigenvalue weighted by Crippen LogP contribution is -2.35. The fourth-order valence-corrected chi connectivity index (χ4v) is 5.79. The second kappa shape index (κ2) is 11.0. The van der Waals surface area contributed by atoms with E-state index in [9.17, 15) is 0 Å². The van der Waals surface area contributed by atoms with Crippen LogP contribution in [0.25, 0.3) is 11.3 Å². The lowest BCUT2D eigenvalue weighted by Gasteiger charge is -2.33. The van der Waals surface area contributed by atoms with E-state index in [4.69, 9.17) is 22.3 Å². The van der Waals surface area contributed by atoms with E-state index in [0.717, 1.165) is 72.5 Å². The Morgan fingerprint density at radius 3 is 2.63 bits per heavy atom. The third-order valence-electron chi connectivity index (χ3n) is 7.88. The van der Waals surface area contributed by atoms with Gasteiger partial charge in [-0.3, -0.25) is 0 Å². The maximum atomic E-state index is 6.29. The van der Waals surface area contributed by atoms with Gasteiger partial charge < -0.3 is 15.2 Å². The van der Waals surface area contributed by atoms with Crippen LogP contribution in [0.4, 0.5) is 11.6 Å². The van der Waals surface area contributed by atoms with E-state index >= 15 is 0 Å². The number of nitrogens with zero attached hydrogens (tertiary/aromatic N) is 5. The Balaban J connectivity index is 1.31. The minimum Gasteiger partial charge on any atom is -0.383 e. The van der Waals surface area contributed by atoms with Crippen LogP contribution in [0, 0.1) is 5.92 Å². The molecule has 5 rings (SSSR count). The average Bonchev–Trinajstić information content (AvgIpc) is 3.27. The zero-order valence-corrected chi connectivity index (χ0v) is 21.6. The van der Waals surface area contributed by atoms with E-state index < -0.39 is 0 Å². The molecule has 186 valence electrons. The first-order valence-corrected chi connectivity index (χ1v) is 13.7. The minimum atomic E-state index is 0.440. The molecule has 2 aromatic heterocycles. The van der Waals surface area contributed by atoms with Gasteiger partial charge in [0.2, 0.25) is 0 Å². The molecule has 7 heteroatoms. The van der Waals surface area contributed by atoms with Crippen LogP contribution >= 0.6 is 11.6 Å². The molecular weight excluding hydrogens is 456 g/mol. The quantitative estimate of drug-likeness (QED) is 0.345. The SMILES string of the molecule is CCc1c(N)ncnc1N1CCC(c2nc(-c3cccc(Cl)c3)cn2CCCCC2CCC2)CC1. The van der Waals surface area contributed by atoms with Crippen LogP contribution in [-0.4, -0.2) is 32.6 Å². The van der Waals surface area contributed by atoms with Crippen molar-refractivity contribution < 1.29 is 0 Å². The number of halogens is 1. The summed E-state index contributed by atoms with van der Waals surface area (Å²) >= 11 is 6.29. The standard InChI is InChI=1S/C28H37ClN6/c1-2-24-26(30)31-19-32-28(24)34-15-12-21(13-16-34)27-33-25(22-10-6-11-23(29)17-22)18-35(27)14-4-3-7-20-8-5-9-20/h6,10-11,17-21H,2-5,7-9,12-16H2,1H3,(H2,30,31,32). The number of benzene rings is 1. The van der Waals surface area contributed by atoms with Crippen molar-refractivity contribution in [2.24, 2.45) is 5.92 Å². The molecule has 0 bridgehead atoms. The van der Waals surface area contributed by atoms with Crippen molar-refractivity contribution in [3.8, 4) is 11.3 Å². The first kappa shape index (κ1) is 24.1. The van der Waals surface area contributed by atoms with Gasteiger partial charge in [0.15, 0.2) is 0 Å². The first-order chi connectivity index (χ1) is 17.1. The third-order valence-corrected chi connectivity index (χ3v) is 8.12. The lowest BCUT2D eigenvalue weighted by molar-refractivity contribution is 0.285. The van der Waals surface area contributed by atoms with Crippen molar-refractivity contribution in [2.45, 2.75) is 77.2 Å². The largest absolute Gasteiger partial charge is 0.383 e. The van der Waals surface area contributed by atoms with Crippen LogP contribution in [-0.2, 0) is 13.0 Å². The molecule has 0 atom stereocenters. The fourth-order valence-electron chi connectivity index (χ4n) is 5.60. The Bertz CT molecular complexity index is 1130. The maximum Gasteiger partial charge on any atom is 0.137 e. The molecule has 3 heterocycles. The minimum absolute atomic E-state index is 0.440. The predicted octanol–water partition coefficient (Wildman–Crippen LogP) is 6.49. The topological polar surface area (TPSA) is 72.9 Å². The van der Waals surface area contributed by atoms with Crippen LogP contribution in [0.3, 0.4) is 0 Å². The molecule has 0 amide bonds. The van der Waals surface area contributed by atoms with Gasteiger partial charge in [0.1, 0.15) is 23.8 Å². The molecule has 1 aliphatic heterocycles. The Kier molecular flexibility index (Phi) is 7.57. The summed E-state index contributed by atoms with van der Waals surface area (Å²) in [7, 11) is 0. The van der Waals surface area contributed by atoms with Gasteiger partial charge in [0, 0.05) is 47.9 Å². The highest BCUT2D eigenvalue weighted by atomic mass is 35.5. The summed E-state index contributed by atoms with van der Waals surface area (Å²) in [6.07, 6.45) is 15.0. The number of hydrogen-bond donors (Lipinski definition) is 1. The molecule has 35 heavy (non-hydrogen) atoms. The van der Waals surface area contributed by atoms with Gasteiger partial charge in [0.25, 0.3) is 0 Å². The van der Waals surface area contributed by atoms with E-state index in [1.54, 1.807) is 6.33 Å². The molecule has 2 fully saturated rings.